The molecule has 1 aromatic carbocycles. The maximum absolute atomic E-state index is 12.2. The van der Waals surface area contributed by atoms with Crippen molar-refractivity contribution in [1.82, 2.24) is 4.90 Å². The molecule has 1 spiro atoms. The van der Waals surface area contributed by atoms with Crippen LogP contribution < -0.4 is 5.32 Å². The molecule has 5 heteroatoms. The number of benzene rings is 1. The van der Waals surface area contributed by atoms with Crippen molar-refractivity contribution in [1.29, 1.82) is 0 Å². The average molecular weight is 337 g/mol. The quantitative estimate of drug-likeness (QED) is 0.766. The Morgan fingerprint density at radius 2 is 1.96 bits per heavy atom. The highest BCUT2D eigenvalue weighted by Crippen LogP contribution is 2.45. The molecule has 23 heavy (non-hydrogen) atoms. The van der Waals surface area contributed by atoms with Crippen molar-refractivity contribution in [2.24, 2.45) is 0 Å². The minimum absolute atomic E-state index is 0.0885. The number of nitrogens with one attached hydrogen (secondary N) is 1. The van der Waals surface area contributed by atoms with E-state index in [0.717, 1.165) is 43.1 Å². The molecule has 1 aromatic rings. The summed E-state index contributed by atoms with van der Waals surface area (Å²) in [6, 6.07) is 4.24. The molecule has 2 aliphatic heterocycles. The van der Waals surface area contributed by atoms with E-state index in [-0.39, 0.29) is 11.5 Å². The van der Waals surface area contributed by atoms with Gasteiger partial charge in [-0.25, -0.2) is 4.79 Å². The van der Waals surface area contributed by atoms with E-state index in [4.69, 9.17) is 16.3 Å². The molecule has 3 rings (SSSR count). The highest BCUT2D eigenvalue weighted by Gasteiger charge is 2.43. The van der Waals surface area contributed by atoms with E-state index < -0.39 is 5.60 Å². The number of ether oxygens (including phenoxy) is 1. The lowest BCUT2D eigenvalue weighted by Gasteiger charge is -2.39. The number of amides is 1. The van der Waals surface area contributed by atoms with Crippen molar-refractivity contribution in [3.05, 3.63) is 28.3 Å². The highest BCUT2D eigenvalue weighted by molar-refractivity contribution is 6.31. The molecule has 0 bridgehead atoms. The molecule has 2 heterocycles. The van der Waals surface area contributed by atoms with Gasteiger partial charge in [-0.1, -0.05) is 11.6 Å². The molecule has 0 unspecified atom stereocenters. The van der Waals surface area contributed by atoms with E-state index in [9.17, 15) is 4.79 Å². The first kappa shape index (κ1) is 16.4. The number of hydrogen-bond donors (Lipinski definition) is 1. The Bertz CT molecular complexity index is 629. The number of aryl methyl sites for hydroxylation is 1. The van der Waals surface area contributed by atoms with Crippen molar-refractivity contribution in [3.8, 4) is 0 Å². The maximum atomic E-state index is 12.2. The minimum Gasteiger partial charge on any atom is -0.444 e. The first-order valence-corrected chi connectivity index (χ1v) is 8.60. The second-order valence-electron chi connectivity index (χ2n) is 7.75. The lowest BCUT2D eigenvalue weighted by Crippen LogP contribution is -2.47. The Balaban J connectivity index is 1.73. The molecule has 0 aromatic heterocycles. The fourth-order valence-corrected chi connectivity index (χ4v) is 3.68. The molecular weight excluding hydrogens is 312 g/mol. The van der Waals surface area contributed by atoms with Crippen LogP contribution in [-0.4, -0.2) is 36.2 Å². The van der Waals surface area contributed by atoms with Crippen LogP contribution in [-0.2, 0) is 10.2 Å². The summed E-state index contributed by atoms with van der Waals surface area (Å²) in [5.41, 5.74) is 3.24. The van der Waals surface area contributed by atoms with E-state index in [1.807, 2.05) is 32.6 Å². The topological polar surface area (TPSA) is 41.6 Å². The van der Waals surface area contributed by atoms with Gasteiger partial charge in [-0.15, -0.1) is 0 Å². The van der Waals surface area contributed by atoms with Gasteiger partial charge in [0.05, 0.1) is 0 Å². The molecule has 1 fully saturated rings. The monoisotopic (exact) mass is 336 g/mol. The standard InChI is InChI=1S/C18H25ClN2O2/c1-12-9-15-13(10-14(12)19)18(11-20-15)5-7-21(8-6-18)16(22)23-17(2,3)4/h9-10,20H,5-8,11H2,1-4H3. The van der Waals surface area contributed by atoms with Gasteiger partial charge < -0.3 is 15.0 Å². The van der Waals surface area contributed by atoms with E-state index >= 15 is 0 Å². The van der Waals surface area contributed by atoms with Crippen LogP contribution >= 0.6 is 11.6 Å². The summed E-state index contributed by atoms with van der Waals surface area (Å²) in [5, 5.41) is 4.34. The summed E-state index contributed by atoms with van der Waals surface area (Å²) in [5.74, 6) is 0. The summed E-state index contributed by atoms with van der Waals surface area (Å²) in [7, 11) is 0. The van der Waals surface area contributed by atoms with E-state index in [2.05, 4.69) is 17.4 Å². The van der Waals surface area contributed by atoms with Gasteiger partial charge in [-0.2, -0.15) is 0 Å². The Kier molecular flexibility index (Phi) is 3.99. The Morgan fingerprint density at radius 1 is 1.30 bits per heavy atom. The van der Waals surface area contributed by atoms with E-state index in [1.165, 1.54) is 11.3 Å². The van der Waals surface area contributed by atoms with Crippen molar-refractivity contribution in [2.45, 2.75) is 51.6 Å². The maximum Gasteiger partial charge on any atom is 0.410 e. The van der Waals surface area contributed by atoms with Crippen molar-refractivity contribution in [2.75, 3.05) is 25.0 Å². The third-order valence-electron chi connectivity index (χ3n) is 4.86. The zero-order chi connectivity index (χ0) is 16.8. The number of anilines is 1. The summed E-state index contributed by atoms with van der Waals surface area (Å²) in [4.78, 5) is 14.1. The largest absolute Gasteiger partial charge is 0.444 e. The smallest absolute Gasteiger partial charge is 0.410 e. The molecule has 1 saturated heterocycles. The van der Waals surface area contributed by atoms with Gasteiger partial charge in [-0.3, -0.25) is 0 Å². The molecular formula is C18H25ClN2O2. The van der Waals surface area contributed by atoms with Crippen LogP contribution in [0.1, 0.15) is 44.7 Å². The molecule has 4 nitrogen and oxygen atoms in total. The number of hydrogen-bond acceptors (Lipinski definition) is 3. The third kappa shape index (κ3) is 3.14. The number of likely N-dealkylation sites (tertiary alicyclic amines) is 1. The van der Waals surface area contributed by atoms with E-state index in [1.54, 1.807) is 0 Å². The second kappa shape index (κ2) is 5.59. The predicted molar refractivity (Wildman–Crippen MR) is 93.4 cm³/mol. The molecule has 126 valence electrons. The van der Waals surface area contributed by atoms with Crippen LogP contribution in [0.5, 0.6) is 0 Å². The van der Waals surface area contributed by atoms with Gasteiger partial charge in [0.2, 0.25) is 0 Å². The fraction of sp³-hybridized carbons (Fsp3) is 0.611. The first-order chi connectivity index (χ1) is 10.7. The number of nitrogens with zero attached hydrogens (tertiary/aromatic N) is 1. The molecule has 2 aliphatic rings. The Labute approximate surface area is 143 Å². The molecule has 1 amide bonds. The Morgan fingerprint density at radius 3 is 2.57 bits per heavy atom. The third-order valence-corrected chi connectivity index (χ3v) is 5.27. The number of carbonyl (C=O) groups excluding carboxylic acids is 1. The number of piperidine rings is 1. The van der Waals surface area contributed by atoms with Crippen molar-refractivity contribution in [3.63, 3.8) is 0 Å². The zero-order valence-electron chi connectivity index (χ0n) is 14.3. The molecule has 0 aliphatic carbocycles. The highest BCUT2D eigenvalue weighted by atomic mass is 35.5. The molecule has 1 N–H and O–H groups in total. The summed E-state index contributed by atoms with van der Waals surface area (Å²) in [6.07, 6.45) is 1.66. The van der Waals surface area contributed by atoms with Crippen LogP contribution in [0.15, 0.2) is 12.1 Å². The van der Waals surface area contributed by atoms with Crippen molar-refractivity contribution >= 4 is 23.4 Å². The Hall–Kier alpha value is -1.42. The van der Waals surface area contributed by atoms with Crippen LogP contribution in [0, 0.1) is 6.92 Å². The van der Waals surface area contributed by atoms with Gasteiger partial charge in [0.25, 0.3) is 0 Å². The molecule has 0 saturated carbocycles. The van der Waals surface area contributed by atoms with Gasteiger partial charge in [0.15, 0.2) is 0 Å². The normalized spacial score (nSPS) is 19.4. The number of halogens is 1. The van der Waals surface area contributed by atoms with Crippen molar-refractivity contribution < 1.29 is 9.53 Å². The summed E-state index contributed by atoms with van der Waals surface area (Å²) >= 11 is 6.33. The predicted octanol–water partition coefficient (Wildman–Crippen LogP) is 4.34. The lowest BCUT2D eigenvalue weighted by molar-refractivity contribution is 0.0172. The van der Waals surface area contributed by atoms with Gasteiger partial charge in [0.1, 0.15) is 5.60 Å². The zero-order valence-corrected chi connectivity index (χ0v) is 15.1. The minimum atomic E-state index is -0.446. The van der Waals surface area contributed by atoms with Gasteiger partial charge in [-0.05, 0) is 63.8 Å². The molecule has 0 radical (unpaired) electrons. The SMILES string of the molecule is Cc1cc2c(cc1Cl)C1(CCN(C(=O)OC(C)(C)C)CC1)CN2. The van der Waals surface area contributed by atoms with Crippen LogP contribution in [0.3, 0.4) is 0 Å². The second-order valence-corrected chi connectivity index (χ2v) is 8.16. The first-order valence-electron chi connectivity index (χ1n) is 8.23. The summed E-state index contributed by atoms with van der Waals surface area (Å²) in [6.45, 7) is 10.1. The number of rotatable bonds is 0. The number of carbonyl (C=O) groups is 1. The van der Waals surface area contributed by atoms with E-state index in [0.29, 0.717) is 0 Å². The average Bonchev–Trinajstić information content (AvgIpc) is 2.77. The van der Waals surface area contributed by atoms with Gasteiger partial charge in [0, 0.05) is 35.8 Å². The van der Waals surface area contributed by atoms with Gasteiger partial charge >= 0.3 is 6.09 Å². The fourth-order valence-electron chi connectivity index (χ4n) is 3.52. The van der Waals surface area contributed by atoms with Crippen LogP contribution in [0.4, 0.5) is 10.5 Å². The number of fused-ring (bicyclic) bond motifs is 2. The lowest BCUT2D eigenvalue weighted by atomic mass is 9.74. The van der Waals surface area contributed by atoms with Crippen LogP contribution in [0.2, 0.25) is 5.02 Å². The van der Waals surface area contributed by atoms with Crippen LogP contribution in [0.25, 0.3) is 0 Å². The summed E-state index contributed by atoms with van der Waals surface area (Å²) < 4.78 is 5.48. The molecule has 0 atom stereocenters.